The van der Waals surface area contributed by atoms with Crippen molar-refractivity contribution < 1.29 is 9.90 Å². The van der Waals surface area contributed by atoms with E-state index in [4.69, 9.17) is 10.8 Å². The average molecular weight is 172 g/mol. The number of nitrogens with one attached hydrogen (secondary N) is 1. The maximum Gasteiger partial charge on any atom is 0.404 e. The normalized spacial score (nSPS) is 36.0. The summed E-state index contributed by atoms with van der Waals surface area (Å²) < 4.78 is 0. The first-order valence-electron chi connectivity index (χ1n) is 4.34. The highest BCUT2D eigenvalue weighted by molar-refractivity contribution is 5.64. The molecule has 4 N–H and O–H groups in total. The first-order valence-corrected chi connectivity index (χ1v) is 4.34. The van der Waals surface area contributed by atoms with E-state index in [2.05, 4.69) is 5.32 Å². The minimum Gasteiger partial charge on any atom is -0.465 e. The van der Waals surface area contributed by atoms with E-state index in [0.29, 0.717) is 5.92 Å². The average Bonchev–Trinajstić information content (AvgIpc) is 1.94. The van der Waals surface area contributed by atoms with Crippen molar-refractivity contribution in [2.75, 3.05) is 0 Å². The van der Waals surface area contributed by atoms with Crippen LogP contribution in [0.2, 0.25) is 0 Å². The Labute approximate surface area is 72.1 Å². The number of carboxylic acid groups (broad SMARTS) is 1. The van der Waals surface area contributed by atoms with Gasteiger partial charge in [0.2, 0.25) is 0 Å². The van der Waals surface area contributed by atoms with Crippen molar-refractivity contribution in [2.45, 2.75) is 38.3 Å². The molecule has 0 aromatic carbocycles. The Balaban J connectivity index is 2.39. The van der Waals surface area contributed by atoms with E-state index in [9.17, 15) is 4.79 Å². The highest BCUT2D eigenvalue weighted by Gasteiger charge is 2.26. The highest BCUT2D eigenvalue weighted by atomic mass is 16.4. The maximum absolute atomic E-state index is 10.4. The number of nitrogens with two attached hydrogens (primary N) is 1. The van der Waals surface area contributed by atoms with Gasteiger partial charge >= 0.3 is 6.09 Å². The lowest BCUT2D eigenvalue weighted by Crippen LogP contribution is -2.45. The van der Waals surface area contributed by atoms with Crippen LogP contribution in [0.4, 0.5) is 4.79 Å². The van der Waals surface area contributed by atoms with E-state index in [0.717, 1.165) is 19.3 Å². The summed E-state index contributed by atoms with van der Waals surface area (Å²) in [4.78, 5) is 10.4. The van der Waals surface area contributed by atoms with E-state index >= 15 is 0 Å². The highest BCUT2D eigenvalue weighted by Crippen LogP contribution is 2.22. The summed E-state index contributed by atoms with van der Waals surface area (Å²) >= 11 is 0. The van der Waals surface area contributed by atoms with Crippen molar-refractivity contribution >= 4 is 6.09 Å². The second kappa shape index (κ2) is 3.76. The SMILES string of the molecule is CC1CC(N)CCC1NC(=O)O. The first-order chi connectivity index (χ1) is 5.59. The Kier molecular flexibility index (Phi) is 2.92. The van der Waals surface area contributed by atoms with Gasteiger partial charge in [0, 0.05) is 12.1 Å². The molecule has 1 amide bonds. The minimum atomic E-state index is -0.928. The number of rotatable bonds is 1. The fraction of sp³-hybridized carbons (Fsp3) is 0.875. The molecule has 4 heteroatoms. The zero-order valence-electron chi connectivity index (χ0n) is 7.29. The zero-order chi connectivity index (χ0) is 9.14. The fourth-order valence-electron chi connectivity index (χ4n) is 1.81. The number of hydrogen-bond acceptors (Lipinski definition) is 2. The van der Waals surface area contributed by atoms with Gasteiger partial charge in [-0.05, 0) is 25.2 Å². The van der Waals surface area contributed by atoms with Crippen LogP contribution in [0.3, 0.4) is 0 Å². The van der Waals surface area contributed by atoms with Crippen molar-refractivity contribution in [3.63, 3.8) is 0 Å². The van der Waals surface area contributed by atoms with Crippen molar-refractivity contribution in [3.05, 3.63) is 0 Å². The first kappa shape index (κ1) is 9.32. The van der Waals surface area contributed by atoms with Crippen LogP contribution in [0.5, 0.6) is 0 Å². The topological polar surface area (TPSA) is 75.3 Å². The molecule has 70 valence electrons. The van der Waals surface area contributed by atoms with Crippen LogP contribution in [0.15, 0.2) is 0 Å². The van der Waals surface area contributed by atoms with Crippen LogP contribution in [0.1, 0.15) is 26.2 Å². The summed E-state index contributed by atoms with van der Waals surface area (Å²) in [6.07, 6.45) is 1.79. The molecule has 0 aromatic rings. The largest absolute Gasteiger partial charge is 0.465 e. The third-order valence-corrected chi connectivity index (χ3v) is 2.52. The Hall–Kier alpha value is -0.770. The smallest absolute Gasteiger partial charge is 0.404 e. The standard InChI is InChI=1S/C8H16N2O2/c1-5-4-6(9)2-3-7(5)10-8(11)12/h5-7,10H,2-4,9H2,1H3,(H,11,12). The predicted octanol–water partition coefficient (Wildman–Crippen LogP) is 0.770. The van der Waals surface area contributed by atoms with Gasteiger partial charge in [-0.1, -0.05) is 6.92 Å². The predicted molar refractivity (Wildman–Crippen MR) is 45.9 cm³/mol. The van der Waals surface area contributed by atoms with E-state index < -0.39 is 6.09 Å². The van der Waals surface area contributed by atoms with Gasteiger partial charge in [0.15, 0.2) is 0 Å². The lowest BCUT2D eigenvalue weighted by molar-refractivity contribution is 0.175. The summed E-state index contributed by atoms with van der Waals surface area (Å²) in [7, 11) is 0. The van der Waals surface area contributed by atoms with Gasteiger partial charge in [-0.3, -0.25) is 0 Å². The van der Waals surface area contributed by atoms with Gasteiger partial charge in [0.1, 0.15) is 0 Å². The molecular formula is C8H16N2O2. The second-order valence-electron chi connectivity index (χ2n) is 3.61. The third-order valence-electron chi connectivity index (χ3n) is 2.52. The summed E-state index contributed by atoms with van der Waals surface area (Å²) in [6, 6.07) is 0.356. The lowest BCUT2D eigenvalue weighted by Gasteiger charge is -2.32. The van der Waals surface area contributed by atoms with Crippen LogP contribution in [-0.4, -0.2) is 23.3 Å². The third kappa shape index (κ3) is 2.37. The van der Waals surface area contributed by atoms with Crippen LogP contribution in [0.25, 0.3) is 0 Å². The molecule has 0 radical (unpaired) electrons. The minimum absolute atomic E-state index is 0.0994. The molecule has 12 heavy (non-hydrogen) atoms. The van der Waals surface area contributed by atoms with Crippen LogP contribution < -0.4 is 11.1 Å². The molecule has 0 saturated heterocycles. The lowest BCUT2D eigenvalue weighted by atomic mass is 9.83. The quantitative estimate of drug-likeness (QED) is 0.547. The summed E-state index contributed by atoms with van der Waals surface area (Å²) in [5.41, 5.74) is 5.74. The van der Waals surface area contributed by atoms with Gasteiger partial charge in [0.25, 0.3) is 0 Å². The van der Waals surface area contributed by atoms with Crippen molar-refractivity contribution in [1.29, 1.82) is 0 Å². The molecule has 1 saturated carbocycles. The van der Waals surface area contributed by atoms with Crippen LogP contribution in [-0.2, 0) is 0 Å². The van der Waals surface area contributed by atoms with Crippen LogP contribution in [0, 0.1) is 5.92 Å². The second-order valence-corrected chi connectivity index (χ2v) is 3.61. The van der Waals surface area contributed by atoms with Gasteiger partial charge in [-0.2, -0.15) is 0 Å². The molecule has 0 aliphatic heterocycles. The Morgan fingerprint density at radius 3 is 2.75 bits per heavy atom. The zero-order valence-corrected chi connectivity index (χ0v) is 7.29. The molecule has 0 spiro atoms. The number of amides is 1. The van der Waals surface area contributed by atoms with Gasteiger partial charge in [0.05, 0.1) is 0 Å². The van der Waals surface area contributed by atoms with Crippen molar-refractivity contribution in [3.8, 4) is 0 Å². The van der Waals surface area contributed by atoms with Gasteiger partial charge < -0.3 is 16.2 Å². The van der Waals surface area contributed by atoms with E-state index in [1.54, 1.807) is 0 Å². The molecule has 1 fully saturated rings. The van der Waals surface area contributed by atoms with Gasteiger partial charge in [-0.15, -0.1) is 0 Å². The van der Waals surface area contributed by atoms with Crippen LogP contribution >= 0.6 is 0 Å². The van der Waals surface area contributed by atoms with E-state index in [-0.39, 0.29) is 12.1 Å². The molecular weight excluding hydrogens is 156 g/mol. The monoisotopic (exact) mass is 172 g/mol. The number of carbonyl (C=O) groups is 1. The summed E-state index contributed by atoms with van der Waals surface area (Å²) in [5.74, 6) is 0.366. The molecule has 0 bridgehead atoms. The van der Waals surface area contributed by atoms with Crippen molar-refractivity contribution in [2.24, 2.45) is 11.7 Å². The molecule has 1 rings (SSSR count). The Morgan fingerprint density at radius 2 is 2.25 bits per heavy atom. The molecule has 4 nitrogen and oxygen atoms in total. The molecule has 1 aliphatic rings. The Morgan fingerprint density at radius 1 is 1.58 bits per heavy atom. The molecule has 3 atom stereocenters. The summed E-state index contributed by atoms with van der Waals surface area (Å²) in [5, 5.41) is 11.0. The molecule has 3 unspecified atom stereocenters. The summed E-state index contributed by atoms with van der Waals surface area (Å²) in [6.45, 7) is 2.04. The van der Waals surface area contributed by atoms with E-state index in [1.165, 1.54) is 0 Å². The number of hydrogen-bond donors (Lipinski definition) is 3. The molecule has 1 aliphatic carbocycles. The van der Waals surface area contributed by atoms with E-state index in [1.807, 2.05) is 6.92 Å². The Bertz CT molecular complexity index is 172. The van der Waals surface area contributed by atoms with Gasteiger partial charge in [-0.25, -0.2) is 4.79 Å². The molecule has 0 aromatic heterocycles. The maximum atomic E-state index is 10.4. The van der Waals surface area contributed by atoms with Crippen molar-refractivity contribution in [1.82, 2.24) is 5.32 Å². The molecule has 0 heterocycles. The fourth-order valence-corrected chi connectivity index (χ4v) is 1.81.